The van der Waals surface area contributed by atoms with E-state index in [1.54, 1.807) is 20.1 Å². The predicted molar refractivity (Wildman–Crippen MR) is 79.1 cm³/mol. The summed E-state index contributed by atoms with van der Waals surface area (Å²) in [6.45, 7) is 3.66. The molecule has 0 heterocycles. The Hall–Kier alpha value is -1.11. The summed E-state index contributed by atoms with van der Waals surface area (Å²) < 4.78 is 33.1. The van der Waals surface area contributed by atoms with E-state index in [2.05, 4.69) is 4.72 Å². The molecule has 20 heavy (non-hydrogen) atoms. The molecule has 0 amide bonds. The summed E-state index contributed by atoms with van der Waals surface area (Å²) in [6.07, 6.45) is 2.52. The largest absolute Gasteiger partial charge is 0.398 e. The number of benzene rings is 1. The van der Waals surface area contributed by atoms with Crippen LogP contribution < -0.4 is 10.5 Å². The first kappa shape index (κ1) is 15.3. The number of sulfonamides is 1. The Bertz CT molecular complexity index is 599. The first-order valence-corrected chi connectivity index (χ1v) is 8.24. The molecular weight excluding hydrogens is 276 g/mol. The van der Waals surface area contributed by atoms with Crippen LogP contribution in [0, 0.1) is 13.8 Å². The standard InChI is InChI=1S/C14H22N2O3S/c1-9-4-7-13(15)14(10(9)2)20(17,18)16-11-5-6-12(8-11)19-3/h4,7,11-12,16H,5-6,8,15H2,1-3H3. The monoisotopic (exact) mass is 298 g/mol. The summed E-state index contributed by atoms with van der Waals surface area (Å²) in [5.41, 5.74) is 7.78. The van der Waals surface area contributed by atoms with Crippen molar-refractivity contribution in [2.45, 2.75) is 50.2 Å². The van der Waals surface area contributed by atoms with E-state index in [1.807, 2.05) is 13.0 Å². The molecule has 0 aliphatic heterocycles. The maximum Gasteiger partial charge on any atom is 0.243 e. The number of methoxy groups -OCH3 is 1. The summed E-state index contributed by atoms with van der Waals surface area (Å²) in [6, 6.07) is 3.40. The third-order valence-corrected chi connectivity index (χ3v) is 5.74. The second kappa shape index (κ2) is 5.71. The van der Waals surface area contributed by atoms with Crippen LogP contribution in [0.15, 0.2) is 17.0 Å². The van der Waals surface area contributed by atoms with E-state index >= 15 is 0 Å². The van der Waals surface area contributed by atoms with Gasteiger partial charge in [0.2, 0.25) is 10.0 Å². The van der Waals surface area contributed by atoms with Gasteiger partial charge in [-0.05, 0) is 50.3 Å². The van der Waals surface area contributed by atoms with Gasteiger partial charge in [-0.2, -0.15) is 0 Å². The van der Waals surface area contributed by atoms with Crippen molar-refractivity contribution in [3.8, 4) is 0 Å². The average molecular weight is 298 g/mol. The molecule has 0 spiro atoms. The van der Waals surface area contributed by atoms with Crippen molar-refractivity contribution in [3.05, 3.63) is 23.3 Å². The number of hydrogen-bond donors (Lipinski definition) is 2. The number of nitrogens with one attached hydrogen (secondary N) is 1. The fourth-order valence-electron chi connectivity index (χ4n) is 2.71. The highest BCUT2D eigenvalue weighted by molar-refractivity contribution is 7.89. The molecule has 0 radical (unpaired) electrons. The maximum atomic E-state index is 12.5. The lowest BCUT2D eigenvalue weighted by Crippen LogP contribution is -2.34. The minimum Gasteiger partial charge on any atom is -0.398 e. The Balaban J connectivity index is 2.26. The number of nitrogen functional groups attached to an aromatic ring is 1. The molecule has 6 heteroatoms. The third-order valence-electron chi connectivity index (χ3n) is 4.02. The van der Waals surface area contributed by atoms with Gasteiger partial charge in [-0.1, -0.05) is 6.07 Å². The predicted octanol–water partition coefficient (Wildman–Crippen LogP) is 1.73. The van der Waals surface area contributed by atoms with Crippen LogP contribution >= 0.6 is 0 Å². The molecule has 0 aromatic heterocycles. The zero-order valence-electron chi connectivity index (χ0n) is 12.1. The van der Waals surface area contributed by atoms with E-state index in [4.69, 9.17) is 10.5 Å². The third kappa shape index (κ3) is 2.97. The Labute approximate surface area is 120 Å². The van der Waals surface area contributed by atoms with Crippen LogP contribution in [0.2, 0.25) is 0 Å². The molecule has 5 nitrogen and oxygen atoms in total. The molecule has 1 aromatic rings. The Morgan fingerprint density at radius 1 is 1.30 bits per heavy atom. The van der Waals surface area contributed by atoms with E-state index in [9.17, 15) is 8.42 Å². The molecule has 1 aromatic carbocycles. The topological polar surface area (TPSA) is 81.4 Å². The molecule has 2 rings (SSSR count). The SMILES string of the molecule is COC1CCC(NS(=O)(=O)c2c(N)ccc(C)c2C)C1. The van der Waals surface area contributed by atoms with Crippen LogP contribution in [0.25, 0.3) is 0 Å². The Kier molecular flexibility index (Phi) is 4.36. The van der Waals surface area contributed by atoms with Gasteiger partial charge in [0.25, 0.3) is 0 Å². The van der Waals surface area contributed by atoms with Crippen molar-refractivity contribution in [2.24, 2.45) is 0 Å². The van der Waals surface area contributed by atoms with Gasteiger partial charge in [0, 0.05) is 13.2 Å². The van der Waals surface area contributed by atoms with E-state index < -0.39 is 10.0 Å². The maximum absolute atomic E-state index is 12.5. The quantitative estimate of drug-likeness (QED) is 0.830. The van der Waals surface area contributed by atoms with Crippen molar-refractivity contribution in [1.82, 2.24) is 4.72 Å². The summed E-state index contributed by atoms with van der Waals surface area (Å²) in [5, 5.41) is 0. The Morgan fingerprint density at radius 2 is 2.00 bits per heavy atom. The van der Waals surface area contributed by atoms with Gasteiger partial charge in [0.1, 0.15) is 4.90 Å². The number of ether oxygens (including phenoxy) is 1. The van der Waals surface area contributed by atoms with Gasteiger partial charge in [-0.25, -0.2) is 13.1 Å². The van der Waals surface area contributed by atoms with Gasteiger partial charge < -0.3 is 10.5 Å². The van der Waals surface area contributed by atoms with Gasteiger partial charge in [0.05, 0.1) is 11.8 Å². The molecular formula is C14H22N2O3S. The fraction of sp³-hybridized carbons (Fsp3) is 0.571. The average Bonchev–Trinajstić information content (AvgIpc) is 2.81. The van der Waals surface area contributed by atoms with Crippen molar-refractivity contribution < 1.29 is 13.2 Å². The summed E-state index contributed by atoms with van der Waals surface area (Å²) in [5.74, 6) is 0. The lowest BCUT2D eigenvalue weighted by molar-refractivity contribution is 0.107. The summed E-state index contributed by atoms with van der Waals surface area (Å²) in [7, 11) is -1.93. The highest BCUT2D eigenvalue weighted by Gasteiger charge is 2.30. The lowest BCUT2D eigenvalue weighted by atomic mass is 10.1. The number of aryl methyl sites for hydroxylation is 1. The van der Waals surface area contributed by atoms with Crippen LogP contribution in [0.3, 0.4) is 0 Å². The highest BCUT2D eigenvalue weighted by atomic mass is 32.2. The molecule has 1 fully saturated rings. The van der Waals surface area contributed by atoms with Crippen LogP contribution in [0.5, 0.6) is 0 Å². The second-order valence-corrected chi connectivity index (χ2v) is 7.07. The molecule has 0 bridgehead atoms. The zero-order chi connectivity index (χ0) is 14.9. The van der Waals surface area contributed by atoms with E-state index in [0.717, 1.165) is 18.4 Å². The van der Waals surface area contributed by atoms with Crippen molar-refractivity contribution in [1.29, 1.82) is 0 Å². The normalized spacial score (nSPS) is 23.1. The van der Waals surface area contributed by atoms with Gasteiger partial charge in [0.15, 0.2) is 0 Å². The summed E-state index contributed by atoms with van der Waals surface area (Å²) >= 11 is 0. The van der Waals surface area contributed by atoms with Crippen LogP contribution in [-0.2, 0) is 14.8 Å². The van der Waals surface area contributed by atoms with Gasteiger partial charge in [-0.15, -0.1) is 0 Å². The lowest BCUT2D eigenvalue weighted by Gasteiger charge is -2.17. The first-order chi connectivity index (χ1) is 9.35. The van der Waals surface area contributed by atoms with Crippen LogP contribution in [0.4, 0.5) is 5.69 Å². The minimum absolute atomic E-state index is 0.0794. The molecule has 112 valence electrons. The number of anilines is 1. The van der Waals surface area contributed by atoms with E-state index in [1.165, 1.54) is 0 Å². The fourth-order valence-corrected chi connectivity index (χ4v) is 4.42. The number of nitrogens with two attached hydrogens (primary N) is 1. The molecule has 1 saturated carbocycles. The first-order valence-electron chi connectivity index (χ1n) is 6.76. The molecule has 2 unspecified atom stereocenters. The minimum atomic E-state index is -3.59. The number of hydrogen-bond acceptors (Lipinski definition) is 4. The molecule has 0 saturated heterocycles. The van der Waals surface area contributed by atoms with Crippen molar-refractivity contribution in [2.75, 3.05) is 12.8 Å². The van der Waals surface area contributed by atoms with Crippen molar-refractivity contribution in [3.63, 3.8) is 0 Å². The molecule has 3 N–H and O–H groups in total. The molecule has 1 aliphatic carbocycles. The van der Waals surface area contributed by atoms with Crippen molar-refractivity contribution >= 4 is 15.7 Å². The van der Waals surface area contributed by atoms with Gasteiger partial charge in [-0.3, -0.25) is 0 Å². The summed E-state index contributed by atoms with van der Waals surface area (Å²) in [4.78, 5) is 0.207. The second-order valence-electron chi connectivity index (χ2n) is 5.41. The number of rotatable bonds is 4. The molecule has 1 aliphatic rings. The van der Waals surface area contributed by atoms with Gasteiger partial charge >= 0.3 is 0 Å². The molecule has 2 atom stereocenters. The Morgan fingerprint density at radius 3 is 2.60 bits per heavy atom. The van der Waals surface area contributed by atoms with E-state index in [0.29, 0.717) is 17.7 Å². The smallest absolute Gasteiger partial charge is 0.243 e. The van der Waals surface area contributed by atoms with E-state index in [-0.39, 0.29) is 17.0 Å². The zero-order valence-corrected chi connectivity index (χ0v) is 13.0. The highest BCUT2D eigenvalue weighted by Crippen LogP contribution is 2.28. The van der Waals surface area contributed by atoms with Crippen LogP contribution in [0.1, 0.15) is 30.4 Å². The van der Waals surface area contributed by atoms with Crippen LogP contribution in [-0.4, -0.2) is 27.7 Å².